The predicted octanol–water partition coefficient (Wildman–Crippen LogP) is 5.63. The second kappa shape index (κ2) is 7.49. The van der Waals surface area contributed by atoms with E-state index in [1.165, 1.54) is 0 Å². The maximum absolute atomic E-state index is 5.85. The van der Waals surface area contributed by atoms with Crippen LogP contribution in [0, 0.1) is 0 Å². The molecule has 0 aliphatic heterocycles. The van der Waals surface area contributed by atoms with Gasteiger partial charge in [0.2, 0.25) is 0 Å². The zero-order valence-corrected chi connectivity index (χ0v) is 19.0. The molecule has 0 aliphatic rings. The third-order valence-corrected chi connectivity index (χ3v) is 6.43. The van der Waals surface area contributed by atoms with Crippen LogP contribution < -0.4 is 11.5 Å². The number of aromatic nitrogens is 4. The quantitative estimate of drug-likeness (QED) is 0.347. The lowest BCUT2D eigenvalue weighted by Crippen LogP contribution is -1.93. The minimum atomic E-state index is 0.745. The largest absolute Gasteiger partial charge is 0.399 e. The molecule has 4 N–H and O–H groups in total. The van der Waals surface area contributed by atoms with E-state index in [0.29, 0.717) is 0 Å². The fourth-order valence-electron chi connectivity index (χ4n) is 4.53. The van der Waals surface area contributed by atoms with Gasteiger partial charge >= 0.3 is 0 Å². The number of aryl methyl sites for hydroxylation is 2. The van der Waals surface area contributed by atoms with Crippen molar-refractivity contribution in [1.82, 2.24) is 19.1 Å². The van der Waals surface area contributed by atoms with Gasteiger partial charge in [0.25, 0.3) is 0 Å². The Morgan fingerprint density at radius 1 is 0.500 bits per heavy atom. The summed E-state index contributed by atoms with van der Waals surface area (Å²) in [6.45, 7) is 0. The van der Waals surface area contributed by atoms with Crippen LogP contribution in [0.3, 0.4) is 0 Å². The normalized spacial score (nSPS) is 11.5. The number of imidazole rings is 2. The first-order valence-electron chi connectivity index (χ1n) is 11.1. The lowest BCUT2D eigenvalue weighted by atomic mass is 10.0. The number of nitrogens with two attached hydrogens (primary N) is 2. The molecule has 2 aromatic heterocycles. The van der Waals surface area contributed by atoms with E-state index < -0.39 is 0 Å². The van der Waals surface area contributed by atoms with Crippen LogP contribution in [0.1, 0.15) is 0 Å². The summed E-state index contributed by atoms with van der Waals surface area (Å²) in [5.41, 5.74) is 21.6. The number of hydrogen-bond donors (Lipinski definition) is 2. The summed E-state index contributed by atoms with van der Waals surface area (Å²) < 4.78 is 4.25. The van der Waals surface area contributed by atoms with Crippen molar-refractivity contribution in [2.75, 3.05) is 11.5 Å². The van der Waals surface area contributed by atoms with Gasteiger partial charge in [-0.15, -0.1) is 0 Å². The van der Waals surface area contributed by atoms with Crippen LogP contribution in [0.2, 0.25) is 0 Å². The first-order chi connectivity index (χ1) is 16.5. The number of benzene rings is 4. The van der Waals surface area contributed by atoms with Gasteiger partial charge in [0.05, 0.1) is 22.1 Å². The summed E-state index contributed by atoms with van der Waals surface area (Å²) in [6.07, 6.45) is 0. The molecule has 6 heteroatoms. The molecule has 6 aromatic rings. The van der Waals surface area contributed by atoms with Crippen LogP contribution in [0.25, 0.3) is 56.0 Å². The molecule has 0 saturated heterocycles. The highest BCUT2D eigenvalue weighted by Crippen LogP contribution is 2.31. The van der Waals surface area contributed by atoms with Gasteiger partial charge in [-0.2, -0.15) is 0 Å². The first-order valence-corrected chi connectivity index (χ1v) is 11.1. The van der Waals surface area contributed by atoms with E-state index >= 15 is 0 Å². The minimum Gasteiger partial charge on any atom is -0.399 e. The average Bonchev–Trinajstić information content (AvgIpc) is 3.36. The maximum atomic E-state index is 5.85. The SMILES string of the molecule is Cn1c(-c2ccc(N)cc2)nc2cc(-c3ccc4nc(-c5ccc(N)cc5)n(C)c4c3)ccc21. The van der Waals surface area contributed by atoms with Crippen molar-refractivity contribution in [2.45, 2.75) is 0 Å². The molecular weight excluding hydrogens is 420 g/mol. The molecule has 0 saturated carbocycles. The second-order valence-corrected chi connectivity index (χ2v) is 8.64. The van der Waals surface area contributed by atoms with Gasteiger partial charge in [-0.25, -0.2) is 9.97 Å². The van der Waals surface area contributed by atoms with Crippen molar-refractivity contribution >= 4 is 33.4 Å². The molecule has 6 nitrogen and oxygen atoms in total. The summed E-state index contributed by atoms with van der Waals surface area (Å²) in [4.78, 5) is 9.77. The van der Waals surface area contributed by atoms with Gasteiger partial charge in [-0.3, -0.25) is 0 Å². The summed E-state index contributed by atoms with van der Waals surface area (Å²) in [6, 6.07) is 28.4. The molecule has 0 aliphatic carbocycles. The van der Waals surface area contributed by atoms with E-state index in [0.717, 1.165) is 67.3 Å². The fourth-order valence-corrected chi connectivity index (χ4v) is 4.53. The molecule has 0 radical (unpaired) electrons. The number of fused-ring (bicyclic) bond motifs is 2. The van der Waals surface area contributed by atoms with Gasteiger partial charge in [0.15, 0.2) is 0 Å². The lowest BCUT2D eigenvalue weighted by molar-refractivity contribution is 0.959. The molecule has 2 heterocycles. The Morgan fingerprint density at radius 3 is 1.59 bits per heavy atom. The van der Waals surface area contributed by atoms with E-state index in [1.54, 1.807) is 0 Å². The van der Waals surface area contributed by atoms with Gasteiger partial charge in [0, 0.05) is 36.6 Å². The van der Waals surface area contributed by atoms with Gasteiger partial charge < -0.3 is 20.6 Å². The topological polar surface area (TPSA) is 87.7 Å². The van der Waals surface area contributed by atoms with Crippen LogP contribution >= 0.6 is 0 Å². The Hall–Kier alpha value is -4.58. The van der Waals surface area contributed by atoms with Crippen LogP contribution in [-0.4, -0.2) is 19.1 Å². The van der Waals surface area contributed by atoms with Crippen molar-refractivity contribution in [3.63, 3.8) is 0 Å². The average molecular weight is 445 g/mol. The highest BCUT2D eigenvalue weighted by molar-refractivity contribution is 5.89. The Kier molecular flexibility index (Phi) is 4.42. The molecule has 0 spiro atoms. The van der Waals surface area contributed by atoms with Crippen LogP contribution in [0.5, 0.6) is 0 Å². The maximum Gasteiger partial charge on any atom is 0.140 e. The Balaban J connectivity index is 1.43. The standard InChI is InChI=1S/C28H24N6/c1-33-25-14-8-19(15-24(25)32-28(33)18-5-11-22(30)12-6-18)20-7-13-23-26(16-20)34(2)27(31-23)17-3-9-21(29)10-4-17/h3-16H,29-30H2,1-2H3. The Bertz CT molecular complexity index is 1670. The molecule has 0 bridgehead atoms. The molecular formula is C28H24N6. The van der Waals surface area contributed by atoms with Crippen molar-refractivity contribution in [3.8, 4) is 33.9 Å². The molecule has 0 amide bonds. The third-order valence-electron chi connectivity index (χ3n) is 6.43. The summed E-state index contributed by atoms with van der Waals surface area (Å²) in [5, 5.41) is 0. The first kappa shape index (κ1) is 20.1. The lowest BCUT2D eigenvalue weighted by Gasteiger charge is -2.05. The molecule has 34 heavy (non-hydrogen) atoms. The molecule has 4 aromatic carbocycles. The molecule has 166 valence electrons. The smallest absolute Gasteiger partial charge is 0.140 e. The molecule has 6 rings (SSSR count). The molecule has 0 atom stereocenters. The van der Waals surface area contributed by atoms with Crippen molar-refractivity contribution in [3.05, 3.63) is 84.9 Å². The molecule has 0 unspecified atom stereocenters. The van der Waals surface area contributed by atoms with Gasteiger partial charge in [-0.05, 0) is 83.9 Å². The number of rotatable bonds is 3. The predicted molar refractivity (Wildman–Crippen MR) is 140 cm³/mol. The Labute approximate surface area is 197 Å². The van der Waals surface area contributed by atoms with E-state index in [-0.39, 0.29) is 0 Å². The van der Waals surface area contributed by atoms with E-state index in [2.05, 4.69) is 45.5 Å². The van der Waals surface area contributed by atoms with Crippen LogP contribution in [0.4, 0.5) is 11.4 Å². The zero-order valence-electron chi connectivity index (χ0n) is 19.0. The Morgan fingerprint density at radius 2 is 0.971 bits per heavy atom. The monoisotopic (exact) mass is 444 g/mol. The third kappa shape index (κ3) is 3.19. The second-order valence-electron chi connectivity index (χ2n) is 8.64. The number of anilines is 2. The fraction of sp³-hybridized carbons (Fsp3) is 0.0714. The number of hydrogen-bond acceptors (Lipinski definition) is 4. The van der Waals surface area contributed by atoms with E-state index in [4.69, 9.17) is 21.4 Å². The molecule has 0 fully saturated rings. The summed E-state index contributed by atoms with van der Waals surface area (Å²) >= 11 is 0. The summed E-state index contributed by atoms with van der Waals surface area (Å²) in [7, 11) is 4.09. The number of nitrogen functional groups attached to an aromatic ring is 2. The highest BCUT2D eigenvalue weighted by atomic mass is 15.1. The summed E-state index contributed by atoms with van der Waals surface area (Å²) in [5.74, 6) is 1.84. The van der Waals surface area contributed by atoms with E-state index in [1.807, 2.05) is 62.6 Å². The zero-order chi connectivity index (χ0) is 23.4. The van der Waals surface area contributed by atoms with Gasteiger partial charge in [-0.1, -0.05) is 12.1 Å². The van der Waals surface area contributed by atoms with Crippen LogP contribution in [0.15, 0.2) is 84.9 Å². The minimum absolute atomic E-state index is 0.745. The highest BCUT2D eigenvalue weighted by Gasteiger charge is 2.13. The van der Waals surface area contributed by atoms with Crippen LogP contribution in [-0.2, 0) is 14.1 Å². The number of nitrogens with zero attached hydrogens (tertiary/aromatic N) is 4. The van der Waals surface area contributed by atoms with E-state index in [9.17, 15) is 0 Å². The van der Waals surface area contributed by atoms with Crippen molar-refractivity contribution < 1.29 is 0 Å². The van der Waals surface area contributed by atoms with Crippen molar-refractivity contribution in [2.24, 2.45) is 14.1 Å². The van der Waals surface area contributed by atoms with Crippen molar-refractivity contribution in [1.29, 1.82) is 0 Å². The van der Waals surface area contributed by atoms with Gasteiger partial charge in [0.1, 0.15) is 11.6 Å².